The third-order valence-corrected chi connectivity index (χ3v) is 5.80. The normalized spacial score (nSPS) is 14.0. The minimum Gasteiger partial charge on any atom is -0.497 e. The number of ether oxygens (including phenoxy) is 1. The molecule has 0 fully saturated rings. The van der Waals surface area contributed by atoms with Crippen LogP contribution in [0.15, 0.2) is 47.4 Å². The molecule has 0 N–H and O–H groups in total. The van der Waals surface area contributed by atoms with E-state index >= 15 is 0 Å². The second-order valence-electron chi connectivity index (χ2n) is 6.56. The van der Waals surface area contributed by atoms with Gasteiger partial charge in [0.1, 0.15) is 5.75 Å². The molecule has 0 radical (unpaired) electrons. The predicted octanol–water partition coefficient (Wildman–Crippen LogP) is 3.01. The summed E-state index contributed by atoms with van der Waals surface area (Å²) in [6.45, 7) is 0.673. The van der Waals surface area contributed by atoms with Gasteiger partial charge in [0.05, 0.1) is 12.0 Å². The maximum atomic E-state index is 12.7. The molecule has 0 aromatic heterocycles. The van der Waals surface area contributed by atoms with E-state index in [-0.39, 0.29) is 5.91 Å². The van der Waals surface area contributed by atoms with Crippen LogP contribution in [-0.4, -0.2) is 34.2 Å². The van der Waals surface area contributed by atoms with Gasteiger partial charge in [0.25, 0.3) is 0 Å². The quantitative estimate of drug-likeness (QED) is 0.808. The second-order valence-corrected chi connectivity index (χ2v) is 8.58. The molecule has 138 valence electrons. The van der Waals surface area contributed by atoms with Gasteiger partial charge in [0, 0.05) is 24.9 Å². The van der Waals surface area contributed by atoms with Gasteiger partial charge in [-0.05, 0) is 60.7 Å². The first-order chi connectivity index (χ1) is 12.4. The maximum Gasteiger partial charge on any atom is 0.227 e. The molecule has 0 bridgehead atoms. The molecule has 3 rings (SSSR count). The largest absolute Gasteiger partial charge is 0.497 e. The molecule has 0 spiro atoms. The molecule has 1 aliphatic rings. The summed E-state index contributed by atoms with van der Waals surface area (Å²) in [6.07, 6.45) is 3.92. The van der Waals surface area contributed by atoms with Gasteiger partial charge in [-0.25, -0.2) is 8.42 Å². The molecule has 0 atom stereocenters. The van der Waals surface area contributed by atoms with Crippen LogP contribution in [0.2, 0.25) is 0 Å². The molecule has 0 saturated heterocycles. The van der Waals surface area contributed by atoms with E-state index in [2.05, 4.69) is 0 Å². The van der Waals surface area contributed by atoms with Crippen molar-refractivity contribution in [3.8, 4) is 5.75 Å². The van der Waals surface area contributed by atoms with Gasteiger partial charge in [-0.3, -0.25) is 4.79 Å². The van der Waals surface area contributed by atoms with E-state index in [1.54, 1.807) is 30.2 Å². The molecule has 1 amide bonds. The van der Waals surface area contributed by atoms with E-state index < -0.39 is 9.84 Å². The number of carbonyl (C=O) groups excluding carboxylic acids is 1. The zero-order valence-electron chi connectivity index (χ0n) is 15.1. The lowest BCUT2D eigenvalue weighted by molar-refractivity contribution is -0.118. The van der Waals surface area contributed by atoms with Crippen molar-refractivity contribution < 1.29 is 17.9 Å². The third kappa shape index (κ3) is 4.07. The zero-order valence-corrected chi connectivity index (χ0v) is 15.9. The summed E-state index contributed by atoms with van der Waals surface area (Å²) < 4.78 is 28.6. The highest BCUT2D eigenvalue weighted by Gasteiger charge is 2.23. The Morgan fingerprint density at radius 2 is 1.88 bits per heavy atom. The SMILES string of the molecule is COc1ccc(CCC(=O)N2CCCc3cc(S(C)(=O)=O)ccc32)cc1. The first-order valence-corrected chi connectivity index (χ1v) is 10.5. The van der Waals surface area contributed by atoms with Crippen molar-refractivity contribution in [2.24, 2.45) is 0 Å². The monoisotopic (exact) mass is 373 g/mol. The van der Waals surface area contributed by atoms with E-state index in [0.29, 0.717) is 24.3 Å². The Balaban J connectivity index is 1.73. The highest BCUT2D eigenvalue weighted by Crippen LogP contribution is 2.30. The van der Waals surface area contributed by atoms with Gasteiger partial charge in [0.15, 0.2) is 9.84 Å². The highest BCUT2D eigenvalue weighted by atomic mass is 32.2. The number of methoxy groups -OCH3 is 1. The van der Waals surface area contributed by atoms with Gasteiger partial charge >= 0.3 is 0 Å². The first kappa shape index (κ1) is 18.5. The van der Waals surface area contributed by atoms with E-state index in [4.69, 9.17) is 4.74 Å². The van der Waals surface area contributed by atoms with Crippen LogP contribution in [0.25, 0.3) is 0 Å². The summed E-state index contributed by atoms with van der Waals surface area (Å²) in [5.41, 5.74) is 2.85. The van der Waals surface area contributed by atoms with Crippen molar-refractivity contribution >= 4 is 21.4 Å². The Morgan fingerprint density at radius 1 is 1.15 bits per heavy atom. The summed E-state index contributed by atoms with van der Waals surface area (Å²) in [5.74, 6) is 0.862. The molecule has 0 aliphatic carbocycles. The average molecular weight is 373 g/mol. The van der Waals surface area contributed by atoms with Crippen LogP contribution >= 0.6 is 0 Å². The van der Waals surface area contributed by atoms with Gasteiger partial charge < -0.3 is 9.64 Å². The Labute approximate surface area is 154 Å². The predicted molar refractivity (Wildman–Crippen MR) is 102 cm³/mol. The number of sulfone groups is 1. The number of nitrogens with zero attached hydrogens (tertiary/aromatic N) is 1. The molecule has 2 aromatic rings. The van der Waals surface area contributed by atoms with Gasteiger partial charge in [-0.15, -0.1) is 0 Å². The van der Waals surface area contributed by atoms with Crippen molar-refractivity contribution in [2.75, 3.05) is 24.8 Å². The van der Waals surface area contributed by atoms with E-state index in [1.807, 2.05) is 24.3 Å². The minimum atomic E-state index is -3.24. The lowest BCUT2D eigenvalue weighted by Gasteiger charge is -2.30. The number of carbonyl (C=O) groups is 1. The molecule has 1 heterocycles. The van der Waals surface area contributed by atoms with Crippen molar-refractivity contribution in [3.63, 3.8) is 0 Å². The number of anilines is 1. The smallest absolute Gasteiger partial charge is 0.227 e. The van der Waals surface area contributed by atoms with E-state index in [1.165, 1.54) is 6.26 Å². The average Bonchev–Trinajstić information content (AvgIpc) is 2.64. The summed E-state index contributed by atoms with van der Waals surface area (Å²) >= 11 is 0. The van der Waals surface area contributed by atoms with Crippen molar-refractivity contribution in [2.45, 2.75) is 30.6 Å². The van der Waals surface area contributed by atoms with E-state index in [9.17, 15) is 13.2 Å². The summed E-state index contributed by atoms with van der Waals surface area (Å²) in [6, 6.07) is 12.8. The van der Waals surface area contributed by atoms with Crippen LogP contribution in [0.4, 0.5) is 5.69 Å². The molecule has 1 aliphatic heterocycles. The molecule has 2 aromatic carbocycles. The molecular weight excluding hydrogens is 350 g/mol. The topological polar surface area (TPSA) is 63.7 Å². The minimum absolute atomic E-state index is 0.0638. The molecular formula is C20H23NO4S. The van der Waals surface area contributed by atoms with Crippen LogP contribution in [0.3, 0.4) is 0 Å². The van der Waals surface area contributed by atoms with Crippen LogP contribution < -0.4 is 9.64 Å². The fourth-order valence-corrected chi connectivity index (χ4v) is 3.91. The fraction of sp³-hybridized carbons (Fsp3) is 0.350. The Kier molecular flexibility index (Phi) is 5.32. The number of hydrogen-bond donors (Lipinski definition) is 0. The highest BCUT2D eigenvalue weighted by molar-refractivity contribution is 7.90. The second kappa shape index (κ2) is 7.50. The van der Waals surface area contributed by atoms with Crippen molar-refractivity contribution in [1.82, 2.24) is 0 Å². The Bertz CT molecular complexity index is 904. The molecule has 6 heteroatoms. The lowest BCUT2D eigenvalue weighted by Crippen LogP contribution is -2.35. The van der Waals surface area contributed by atoms with Crippen molar-refractivity contribution in [1.29, 1.82) is 0 Å². The number of aryl methyl sites for hydroxylation is 2. The van der Waals surface area contributed by atoms with Gasteiger partial charge in [-0.1, -0.05) is 12.1 Å². The van der Waals surface area contributed by atoms with Crippen LogP contribution in [0.1, 0.15) is 24.0 Å². The van der Waals surface area contributed by atoms with Gasteiger partial charge in [-0.2, -0.15) is 0 Å². The first-order valence-electron chi connectivity index (χ1n) is 8.65. The Hall–Kier alpha value is -2.34. The third-order valence-electron chi connectivity index (χ3n) is 4.69. The molecule has 0 unspecified atom stereocenters. The lowest BCUT2D eigenvalue weighted by atomic mass is 10.0. The Morgan fingerprint density at radius 3 is 2.54 bits per heavy atom. The fourth-order valence-electron chi connectivity index (χ4n) is 3.24. The number of benzene rings is 2. The standard InChI is InChI=1S/C20H23NO4S/c1-25-17-8-5-15(6-9-17)7-12-20(22)21-13-3-4-16-14-18(26(2,23)24)10-11-19(16)21/h5-6,8-11,14H,3-4,7,12-13H2,1-2H3. The zero-order chi connectivity index (χ0) is 18.7. The maximum absolute atomic E-state index is 12.7. The summed E-state index contributed by atoms with van der Waals surface area (Å²) in [7, 11) is -1.61. The molecule has 5 nitrogen and oxygen atoms in total. The number of rotatable bonds is 5. The van der Waals surface area contributed by atoms with E-state index in [0.717, 1.165) is 35.4 Å². The number of amides is 1. The number of fused-ring (bicyclic) bond motifs is 1. The van der Waals surface area contributed by atoms with Gasteiger partial charge in [0.2, 0.25) is 5.91 Å². The number of hydrogen-bond acceptors (Lipinski definition) is 4. The van der Waals surface area contributed by atoms with Crippen LogP contribution in [0, 0.1) is 0 Å². The summed E-state index contributed by atoms with van der Waals surface area (Å²) in [5, 5.41) is 0. The summed E-state index contributed by atoms with van der Waals surface area (Å²) in [4.78, 5) is 14.8. The van der Waals surface area contributed by atoms with Crippen LogP contribution in [-0.2, 0) is 27.5 Å². The van der Waals surface area contributed by atoms with Crippen molar-refractivity contribution in [3.05, 3.63) is 53.6 Å². The van der Waals surface area contributed by atoms with Crippen LogP contribution in [0.5, 0.6) is 5.75 Å². The molecule has 26 heavy (non-hydrogen) atoms. The molecule has 0 saturated carbocycles.